The molecule has 13 heavy (non-hydrogen) atoms. The third-order valence-electron chi connectivity index (χ3n) is 1.62. The van der Waals surface area contributed by atoms with Crippen LogP contribution in [0, 0.1) is 0 Å². The molecular weight excluding hydrogens is 166 g/mol. The molecule has 0 aliphatic carbocycles. The van der Waals surface area contributed by atoms with Gasteiger partial charge >= 0.3 is 0 Å². The fourth-order valence-corrected chi connectivity index (χ4v) is 0.868. The quantitative estimate of drug-likeness (QED) is 0.437. The first-order valence-corrected chi connectivity index (χ1v) is 4.05. The number of nitrogens with two attached hydrogens (primary N) is 2. The van der Waals surface area contributed by atoms with Gasteiger partial charge in [-0.15, -0.1) is 0 Å². The zero-order chi connectivity index (χ0) is 10.1. The summed E-state index contributed by atoms with van der Waals surface area (Å²) in [6, 6.07) is 0. The standard InChI is InChI=1S/C8H15N5/c1-8(2,3)7-11-4-5(9)6(12-7)13-10/h4H,9-10H2,1-3H3,(H,11,12,13). The van der Waals surface area contributed by atoms with Gasteiger partial charge in [-0.2, -0.15) is 0 Å². The van der Waals surface area contributed by atoms with E-state index in [1.54, 1.807) is 6.20 Å². The monoisotopic (exact) mass is 181 g/mol. The van der Waals surface area contributed by atoms with Crippen LogP contribution in [0.2, 0.25) is 0 Å². The molecule has 0 aliphatic heterocycles. The summed E-state index contributed by atoms with van der Waals surface area (Å²) in [6.45, 7) is 6.08. The summed E-state index contributed by atoms with van der Waals surface area (Å²) >= 11 is 0. The summed E-state index contributed by atoms with van der Waals surface area (Å²) in [4.78, 5) is 8.32. The minimum atomic E-state index is -0.0979. The van der Waals surface area contributed by atoms with Gasteiger partial charge in [0.05, 0.1) is 11.9 Å². The lowest BCUT2D eigenvalue weighted by atomic mass is 9.96. The van der Waals surface area contributed by atoms with Gasteiger partial charge in [-0.1, -0.05) is 20.8 Å². The van der Waals surface area contributed by atoms with E-state index in [0.717, 1.165) is 5.82 Å². The summed E-state index contributed by atoms with van der Waals surface area (Å²) in [6.07, 6.45) is 1.56. The van der Waals surface area contributed by atoms with Crippen LogP contribution in [0.15, 0.2) is 6.20 Å². The Labute approximate surface area is 77.5 Å². The molecular formula is C8H15N5. The molecule has 0 bridgehead atoms. The minimum absolute atomic E-state index is 0.0979. The third kappa shape index (κ3) is 2.06. The first kappa shape index (κ1) is 9.73. The molecule has 0 spiro atoms. The van der Waals surface area contributed by atoms with Gasteiger partial charge in [0, 0.05) is 5.41 Å². The lowest BCUT2D eigenvalue weighted by Crippen LogP contribution is -2.19. The number of aromatic nitrogens is 2. The lowest BCUT2D eigenvalue weighted by Gasteiger charge is -2.17. The molecule has 5 N–H and O–H groups in total. The highest BCUT2D eigenvalue weighted by Crippen LogP contribution is 2.21. The Morgan fingerprint density at radius 1 is 1.38 bits per heavy atom. The molecule has 0 aromatic carbocycles. The molecule has 5 heteroatoms. The highest BCUT2D eigenvalue weighted by atomic mass is 15.3. The number of anilines is 2. The SMILES string of the molecule is CC(C)(C)c1ncc(N)c(NN)n1. The van der Waals surface area contributed by atoms with Crippen LogP contribution < -0.4 is 17.0 Å². The van der Waals surface area contributed by atoms with Crippen molar-refractivity contribution < 1.29 is 0 Å². The molecule has 5 nitrogen and oxygen atoms in total. The highest BCUT2D eigenvalue weighted by Gasteiger charge is 2.18. The Kier molecular flexibility index (Phi) is 2.38. The molecule has 1 aromatic rings. The Morgan fingerprint density at radius 3 is 2.46 bits per heavy atom. The van der Waals surface area contributed by atoms with Crippen LogP contribution >= 0.6 is 0 Å². The molecule has 0 saturated carbocycles. The average molecular weight is 181 g/mol. The molecule has 1 rings (SSSR count). The minimum Gasteiger partial charge on any atom is -0.394 e. The van der Waals surface area contributed by atoms with E-state index in [0.29, 0.717) is 11.5 Å². The first-order valence-electron chi connectivity index (χ1n) is 4.05. The second kappa shape index (κ2) is 3.18. The summed E-state index contributed by atoms with van der Waals surface area (Å²) in [5.41, 5.74) is 8.36. The second-order valence-electron chi connectivity index (χ2n) is 3.89. The zero-order valence-corrected chi connectivity index (χ0v) is 8.13. The van der Waals surface area contributed by atoms with Crippen molar-refractivity contribution in [1.29, 1.82) is 0 Å². The Morgan fingerprint density at radius 2 is 2.00 bits per heavy atom. The topological polar surface area (TPSA) is 89.8 Å². The number of nitrogen functional groups attached to an aromatic ring is 2. The van der Waals surface area contributed by atoms with Crippen molar-refractivity contribution in [3.8, 4) is 0 Å². The molecule has 0 atom stereocenters. The van der Waals surface area contributed by atoms with E-state index in [2.05, 4.69) is 15.4 Å². The molecule has 0 amide bonds. The molecule has 0 radical (unpaired) electrons. The van der Waals surface area contributed by atoms with Gasteiger partial charge in [0.15, 0.2) is 5.82 Å². The van der Waals surface area contributed by atoms with Crippen LogP contribution in [0.1, 0.15) is 26.6 Å². The van der Waals surface area contributed by atoms with E-state index >= 15 is 0 Å². The fraction of sp³-hybridized carbons (Fsp3) is 0.500. The fourth-order valence-electron chi connectivity index (χ4n) is 0.868. The van der Waals surface area contributed by atoms with Crippen molar-refractivity contribution in [2.24, 2.45) is 5.84 Å². The molecule has 1 aromatic heterocycles. The van der Waals surface area contributed by atoms with Crippen molar-refractivity contribution in [1.82, 2.24) is 9.97 Å². The average Bonchev–Trinajstić information content (AvgIpc) is 2.03. The van der Waals surface area contributed by atoms with Gasteiger partial charge in [-0.3, -0.25) is 0 Å². The number of nitrogens with one attached hydrogen (secondary N) is 1. The Balaban J connectivity index is 3.14. The lowest BCUT2D eigenvalue weighted by molar-refractivity contribution is 0.546. The van der Waals surface area contributed by atoms with Gasteiger partial charge in [-0.25, -0.2) is 15.8 Å². The van der Waals surface area contributed by atoms with Gasteiger partial charge < -0.3 is 11.2 Å². The smallest absolute Gasteiger partial charge is 0.166 e. The molecule has 1 heterocycles. The van der Waals surface area contributed by atoms with Gasteiger partial charge in [0.1, 0.15) is 5.82 Å². The van der Waals surface area contributed by atoms with Crippen molar-refractivity contribution >= 4 is 11.5 Å². The zero-order valence-electron chi connectivity index (χ0n) is 8.13. The maximum absolute atomic E-state index is 5.58. The predicted octanol–water partition coefficient (Wildman–Crippen LogP) is 0.642. The van der Waals surface area contributed by atoms with Crippen LogP contribution in [0.25, 0.3) is 0 Å². The van der Waals surface area contributed by atoms with Crippen molar-refractivity contribution in [2.75, 3.05) is 11.2 Å². The first-order chi connectivity index (χ1) is 5.95. The van der Waals surface area contributed by atoms with Crippen LogP contribution in [0.3, 0.4) is 0 Å². The summed E-state index contributed by atoms with van der Waals surface area (Å²) < 4.78 is 0. The number of nitrogens with zero attached hydrogens (tertiary/aromatic N) is 2. The van der Waals surface area contributed by atoms with E-state index in [9.17, 15) is 0 Å². The van der Waals surface area contributed by atoms with Crippen LogP contribution in [0.5, 0.6) is 0 Å². The highest BCUT2D eigenvalue weighted by molar-refractivity contribution is 5.58. The second-order valence-corrected chi connectivity index (χ2v) is 3.89. The number of hydrogen-bond acceptors (Lipinski definition) is 5. The number of hydrogen-bond donors (Lipinski definition) is 3. The van der Waals surface area contributed by atoms with Crippen molar-refractivity contribution in [3.63, 3.8) is 0 Å². The molecule has 0 unspecified atom stereocenters. The molecule has 0 saturated heterocycles. The van der Waals surface area contributed by atoms with E-state index < -0.39 is 0 Å². The van der Waals surface area contributed by atoms with Crippen LogP contribution in [0.4, 0.5) is 11.5 Å². The van der Waals surface area contributed by atoms with E-state index in [-0.39, 0.29) is 5.41 Å². The third-order valence-corrected chi connectivity index (χ3v) is 1.62. The molecule has 0 aliphatic rings. The van der Waals surface area contributed by atoms with Gasteiger partial charge in [0.2, 0.25) is 0 Å². The number of rotatable bonds is 1. The Hall–Kier alpha value is -1.36. The van der Waals surface area contributed by atoms with Crippen molar-refractivity contribution in [2.45, 2.75) is 26.2 Å². The summed E-state index contributed by atoms with van der Waals surface area (Å²) in [5, 5.41) is 0. The molecule has 72 valence electrons. The van der Waals surface area contributed by atoms with E-state index in [1.165, 1.54) is 0 Å². The maximum atomic E-state index is 5.58. The summed E-state index contributed by atoms with van der Waals surface area (Å²) in [7, 11) is 0. The van der Waals surface area contributed by atoms with Crippen LogP contribution in [-0.2, 0) is 5.41 Å². The number of hydrazine groups is 1. The van der Waals surface area contributed by atoms with Gasteiger partial charge in [0.25, 0.3) is 0 Å². The largest absolute Gasteiger partial charge is 0.394 e. The van der Waals surface area contributed by atoms with Crippen LogP contribution in [-0.4, -0.2) is 9.97 Å². The summed E-state index contributed by atoms with van der Waals surface area (Å²) in [5.74, 6) is 6.43. The van der Waals surface area contributed by atoms with E-state index in [4.69, 9.17) is 11.6 Å². The Bertz CT molecular complexity index is 302. The van der Waals surface area contributed by atoms with E-state index in [1.807, 2.05) is 20.8 Å². The predicted molar refractivity (Wildman–Crippen MR) is 53.0 cm³/mol. The normalized spacial score (nSPS) is 11.4. The maximum Gasteiger partial charge on any atom is 0.166 e. The molecule has 0 fully saturated rings. The van der Waals surface area contributed by atoms with Crippen molar-refractivity contribution in [3.05, 3.63) is 12.0 Å². The van der Waals surface area contributed by atoms with Gasteiger partial charge in [-0.05, 0) is 0 Å².